The number of aromatic nitrogens is 1. The van der Waals surface area contributed by atoms with Crippen molar-refractivity contribution in [2.45, 2.75) is 37.8 Å². The molecule has 100 valence electrons. The van der Waals surface area contributed by atoms with Gasteiger partial charge in [0.15, 0.2) is 0 Å². The minimum absolute atomic E-state index is 0.0986. The van der Waals surface area contributed by atoms with Gasteiger partial charge >= 0.3 is 5.97 Å². The number of fused-ring (bicyclic) bond motifs is 1. The molecule has 0 amide bonds. The monoisotopic (exact) mass is 258 g/mol. The first kappa shape index (κ1) is 12.2. The van der Waals surface area contributed by atoms with E-state index in [2.05, 4.69) is 4.98 Å². The van der Waals surface area contributed by atoms with Crippen molar-refractivity contribution in [1.29, 1.82) is 0 Å². The summed E-state index contributed by atoms with van der Waals surface area (Å²) in [6, 6.07) is 7.42. The number of para-hydroxylation sites is 1. The molecule has 4 nitrogen and oxygen atoms in total. The number of ether oxygens (including phenoxy) is 1. The largest absolute Gasteiger partial charge is 0.461 e. The molecule has 0 radical (unpaired) electrons. The second-order valence-electron chi connectivity index (χ2n) is 5.16. The molecule has 19 heavy (non-hydrogen) atoms. The molecule has 1 saturated carbocycles. The average molecular weight is 258 g/mol. The van der Waals surface area contributed by atoms with Crippen molar-refractivity contribution < 1.29 is 9.53 Å². The van der Waals surface area contributed by atoms with E-state index in [1.54, 1.807) is 0 Å². The van der Waals surface area contributed by atoms with E-state index in [0.717, 1.165) is 35.7 Å². The van der Waals surface area contributed by atoms with Crippen LogP contribution in [0.4, 0.5) is 0 Å². The zero-order valence-corrected chi connectivity index (χ0v) is 10.8. The van der Waals surface area contributed by atoms with Crippen LogP contribution in [0.25, 0.3) is 10.9 Å². The minimum atomic E-state index is -0.584. The number of H-pyrrole nitrogens is 1. The van der Waals surface area contributed by atoms with Gasteiger partial charge in [-0.15, -0.1) is 0 Å². The fraction of sp³-hybridized carbons (Fsp3) is 0.400. The molecule has 1 heterocycles. The summed E-state index contributed by atoms with van der Waals surface area (Å²) in [6.07, 6.45) is 5.63. The molecule has 1 aliphatic rings. The first-order valence-corrected chi connectivity index (χ1v) is 6.75. The van der Waals surface area contributed by atoms with E-state index < -0.39 is 6.04 Å². The van der Waals surface area contributed by atoms with Crippen LogP contribution in [-0.4, -0.2) is 23.1 Å². The van der Waals surface area contributed by atoms with Crippen molar-refractivity contribution in [1.82, 2.24) is 4.98 Å². The molecule has 1 aromatic heterocycles. The number of carbonyl (C=O) groups is 1. The SMILES string of the molecule is N[C@H](Cc1c[nH]c2ccccc12)C(=O)OC1CCC1. The van der Waals surface area contributed by atoms with Crippen LogP contribution in [0, 0.1) is 0 Å². The fourth-order valence-electron chi connectivity index (χ4n) is 2.36. The van der Waals surface area contributed by atoms with Gasteiger partial charge in [-0.3, -0.25) is 4.79 Å². The molecule has 0 spiro atoms. The molecule has 1 aliphatic carbocycles. The van der Waals surface area contributed by atoms with Crippen LogP contribution in [0.2, 0.25) is 0 Å². The van der Waals surface area contributed by atoms with Crippen LogP contribution in [0.3, 0.4) is 0 Å². The number of aromatic amines is 1. The van der Waals surface area contributed by atoms with Gasteiger partial charge in [0.1, 0.15) is 12.1 Å². The molecular weight excluding hydrogens is 240 g/mol. The summed E-state index contributed by atoms with van der Waals surface area (Å²) in [5.41, 5.74) is 8.07. The van der Waals surface area contributed by atoms with Gasteiger partial charge < -0.3 is 15.5 Å². The standard InChI is InChI=1S/C15H18N2O2/c16-13(15(18)19-11-4-3-5-11)8-10-9-17-14-7-2-1-6-12(10)14/h1-2,6-7,9,11,13,17H,3-5,8,16H2/t13-/m1/s1. The number of benzene rings is 1. The lowest BCUT2D eigenvalue weighted by molar-refractivity contribution is -0.154. The molecule has 3 N–H and O–H groups in total. The summed E-state index contributed by atoms with van der Waals surface area (Å²) in [6.45, 7) is 0. The summed E-state index contributed by atoms with van der Waals surface area (Å²) in [4.78, 5) is 15.0. The number of hydrogen-bond donors (Lipinski definition) is 2. The zero-order valence-electron chi connectivity index (χ0n) is 10.8. The van der Waals surface area contributed by atoms with Gasteiger partial charge in [-0.2, -0.15) is 0 Å². The van der Waals surface area contributed by atoms with Crippen molar-refractivity contribution in [2.75, 3.05) is 0 Å². The van der Waals surface area contributed by atoms with E-state index in [0.29, 0.717) is 6.42 Å². The highest BCUT2D eigenvalue weighted by Crippen LogP contribution is 2.23. The summed E-state index contributed by atoms with van der Waals surface area (Å²) in [5, 5.41) is 1.12. The number of nitrogens with one attached hydrogen (secondary N) is 1. The third-order valence-electron chi connectivity index (χ3n) is 3.75. The van der Waals surface area contributed by atoms with Gasteiger partial charge in [-0.1, -0.05) is 18.2 Å². The lowest BCUT2D eigenvalue weighted by Crippen LogP contribution is -2.38. The first-order valence-electron chi connectivity index (χ1n) is 6.75. The number of carbonyl (C=O) groups excluding carboxylic acids is 1. The highest BCUT2D eigenvalue weighted by molar-refractivity contribution is 5.84. The van der Waals surface area contributed by atoms with Crippen LogP contribution in [0.1, 0.15) is 24.8 Å². The van der Waals surface area contributed by atoms with Crippen molar-refractivity contribution in [3.05, 3.63) is 36.0 Å². The molecule has 1 atom stereocenters. The van der Waals surface area contributed by atoms with Gasteiger partial charge in [0, 0.05) is 23.5 Å². The molecule has 0 saturated heterocycles. The van der Waals surface area contributed by atoms with Gasteiger partial charge in [0.25, 0.3) is 0 Å². The highest BCUT2D eigenvalue weighted by atomic mass is 16.5. The van der Waals surface area contributed by atoms with Crippen LogP contribution in [-0.2, 0) is 16.0 Å². The number of nitrogens with two attached hydrogens (primary N) is 1. The van der Waals surface area contributed by atoms with E-state index in [4.69, 9.17) is 10.5 Å². The fourth-order valence-corrected chi connectivity index (χ4v) is 2.36. The maximum absolute atomic E-state index is 11.9. The Morgan fingerprint density at radius 1 is 1.42 bits per heavy atom. The quantitative estimate of drug-likeness (QED) is 0.825. The molecule has 1 aromatic carbocycles. The van der Waals surface area contributed by atoms with Crippen LogP contribution in [0.15, 0.2) is 30.5 Å². The third kappa shape index (κ3) is 2.49. The summed E-state index contributed by atoms with van der Waals surface area (Å²) in [7, 11) is 0. The van der Waals surface area contributed by atoms with E-state index in [1.165, 1.54) is 0 Å². The predicted octanol–water partition coefficient (Wildman–Crippen LogP) is 2.13. The van der Waals surface area contributed by atoms with Crippen LogP contribution < -0.4 is 5.73 Å². The molecule has 0 unspecified atom stereocenters. The molecule has 3 rings (SSSR count). The van der Waals surface area contributed by atoms with Crippen molar-refractivity contribution in [3.63, 3.8) is 0 Å². The lowest BCUT2D eigenvalue weighted by atomic mass is 9.96. The molecule has 0 bridgehead atoms. The first-order chi connectivity index (χ1) is 9.24. The Kier molecular flexibility index (Phi) is 3.25. The summed E-state index contributed by atoms with van der Waals surface area (Å²) in [5.74, 6) is -0.282. The van der Waals surface area contributed by atoms with E-state index in [-0.39, 0.29) is 12.1 Å². The van der Waals surface area contributed by atoms with Gasteiger partial charge in [-0.05, 0) is 30.9 Å². The van der Waals surface area contributed by atoms with Gasteiger partial charge in [0.2, 0.25) is 0 Å². The Hall–Kier alpha value is -1.81. The molecule has 0 aliphatic heterocycles. The topological polar surface area (TPSA) is 68.1 Å². The smallest absolute Gasteiger partial charge is 0.323 e. The number of rotatable bonds is 4. The van der Waals surface area contributed by atoms with Gasteiger partial charge in [-0.25, -0.2) is 0 Å². The number of esters is 1. The van der Waals surface area contributed by atoms with E-state index in [1.807, 2.05) is 30.5 Å². The third-order valence-corrected chi connectivity index (χ3v) is 3.75. The Bertz CT molecular complexity index is 587. The van der Waals surface area contributed by atoms with Crippen molar-refractivity contribution in [3.8, 4) is 0 Å². The minimum Gasteiger partial charge on any atom is -0.461 e. The molecule has 2 aromatic rings. The average Bonchev–Trinajstić information content (AvgIpc) is 2.77. The highest BCUT2D eigenvalue weighted by Gasteiger charge is 2.25. The second-order valence-corrected chi connectivity index (χ2v) is 5.16. The van der Waals surface area contributed by atoms with Gasteiger partial charge in [0.05, 0.1) is 0 Å². The molecule has 1 fully saturated rings. The molecule has 4 heteroatoms. The normalized spacial score (nSPS) is 17.1. The Labute approximate surface area is 111 Å². The Morgan fingerprint density at radius 2 is 2.21 bits per heavy atom. The van der Waals surface area contributed by atoms with Crippen LogP contribution in [0.5, 0.6) is 0 Å². The maximum Gasteiger partial charge on any atom is 0.323 e. The summed E-state index contributed by atoms with van der Waals surface area (Å²) < 4.78 is 5.33. The Morgan fingerprint density at radius 3 is 2.95 bits per heavy atom. The lowest BCUT2D eigenvalue weighted by Gasteiger charge is -2.26. The molecular formula is C15H18N2O2. The van der Waals surface area contributed by atoms with Crippen LogP contribution >= 0.6 is 0 Å². The Balaban J connectivity index is 1.68. The predicted molar refractivity (Wildman–Crippen MR) is 73.7 cm³/mol. The zero-order chi connectivity index (χ0) is 13.2. The van der Waals surface area contributed by atoms with E-state index >= 15 is 0 Å². The maximum atomic E-state index is 11.9. The number of hydrogen-bond acceptors (Lipinski definition) is 3. The van der Waals surface area contributed by atoms with Crippen molar-refractivity contribution in [2.24, 2.45) is 5.73 Å². The summed E-state index contributed by atoms with van der Waals surface area (Å²) >= 11 is 0. The van der Waals surface area contributed by atoms with E-state index in [9.17, 15) is 4.79 Å². The van der Waals surface area contributed by atoms with Crippen molar-refractivity contribution >= 4 is 16.9 Å². The second kappa shape index (κ2) is 5.05.